The van der Waals surface area contributed by atoms with Gasteiger partial charge in [0.2, 0.25) is 10.0 Å². The monoisotopic (exact) mass is 434 g/mol. The molecule has 150 valence electrons. The summed E-state index contributed by atoms with van der Waals surface area (Å²) in [4.78, 5) is 12.5. The third-order valence-corrected chi connectivity index (χ3v) is 5.36. The van der Waals surface area contributed by atoms with Crippen LogP contribution in [0.2, 0.25) is 5.02 Å². The Morgan fingerprint density at radius 1 is 1.25 bits per heavy atom. The lowest BCUT2D eigenvalue weighted by molar-refractivity contribution is -0.137. The molecule has 0 fully saturated rings. The number of benzene rings is 2. The summed E-state index contributed by atoms with van der Waals surface area (Å²) < 4.78 is 70.0. The first-order valence-corrected chi connectivity index (χ1v) is 10.1. The third-order valence-electron chi connectivity index (χ3n) is 3.97. The Bertz CT molecular complexity index is 1030. The maximum atomic E-state index is 13.1. The second-order valence-electron chi connectivity index (χ2n) is 6.05. The maximum absolute atomic E-state index is 13.1. The Labute approximate surface area is 163 Å². The van der Waals surface area contributed by atoms with Gasteiger partial charge in [0.25, 0.3) is 5.91 Å². The van der Waals surface area contributed by atoms with Gasteiger partial charge in [-0.3, -0.25) is 9.10 Å². The van der Waals surface area contributed by atoms with Gasteiger partial charge in [0.05, 0.1) is 29.7 Å². The van der Waals surface area contributed by atoms with E-state index in [-0.39, 0.29) is 16.5 Å². The van der Waals surface area contributed by atoms with Crippen molar-refractivity contribution in [3.05, 3.63) is 53.1 Å². The van der Waals surface area contributed by atoms with E-state index in [9.17, 15) is 26.4 Å². The number of para-hydroxylation sites is 1. The van der Waals surface area contributed by atoms with Crippen molar-refractivity contribution in [1.82, 2.24) is 0 Å². The fourth-order valence-corrected chi connectivity index (χ4v) is 3.80. The van der Waals surface area contributed by atoms with E-state index < -0.39 is 46.0 Å². The van der Waals surface area contributed by atoms with Crippen molar-refractivity contribution in [2.75, 3.05) is 22.4 Å². The number of ether oxygens (including phenoxy) is 1. The number of carbonyl (C=O) groups is 1. The van der Waals surface area contributed by atoms with Crippen molar-refractivity contribution in [2.45, 2.75) is 12.3 Å². The highest BCUT2D eigenvalue weighted by Gasteiger charge is 2.37. The molecular formula is C17H14ClF3N2O4S. The number of hydrogen-bond acceptors (Lipinski definition) is 4. The summed E-state index contributed by atoms with van der Waals surface area (Å²) in [5.74, 6) is -0.837. The lowest BCUT2D eigenvalue weighted by atomic mass is 10.1. The number of amides is 1. The SMILES string of the molecule is CS(=O)(=O)N1C[C@@H](C(=O)Nc2ccccc2C(F)(F)F)Oc2ccc(Cl)cc21. The summed E-state index contributed by atoms with van der Waals surface area (Å²) in [5, 5.41) is 2.43. The molecule has 0 saturated heterocycles. The predicted octanol–water partition coefficient (Wildman–Crippen LogP) is 3.52. The molecule has 2 aromatic rings. The second kappa shape index (κ2) is 7.17. The van der Waals surface area contributed by atoms with E-state index in [2.05, 4.69) is 5.32 Å². The van der Waals surface area contributed by atoms with Crippen molar-refractivity contribution in [2.24, 2.45) is 0 Å². The van der Waals surface area contributed by atoms with Crippen LogP contribution in [0.3, 0.4) is 0 Å². The Hall–Kier alpha value is -2.46. The summed E-state index contributed by atoms with van der Waals surface area (Å²) in [6, 6.07) is 8.67. The number of halogens is 4. The zero-order valence-corrected chi connectivity index (χ0v) is 15.9. The molecule has 0 bridgehead atoms. The van der Waals surface area contributed by atoms with Crippen LogP contribution in [0.25, 0.3) is 0 Å². The second-order valence-corrected chi connectivity index (χ2v) is 8.39. The highest BCUT2D eigenvalue weighted by Crippen LogP contribution is 2.38. The Balaban J connectivity index is 1.91. The predicted molar refractivity (Wildman–Crippen MR) is 98.1 cm³/mol. The molecule has 0 unspecified atom stereocenters. The molecule has 1 atom stereocenters. The first kappa shape index (κ1) is 20.3. The average Bonchev–Trinajstić information content (AvgIpc) is 2.59. The van der Waals surface area contributed by atoms with Crippen LogP contribution in [-0.4, -0.2) is 33.2 Å². The quantitative estimate of drug-likeness (QED) is 0.802. The number of sulfonamides is 1. The van der Waals surface area contributed by atoms with Crippen LogP contribution in [0.5, 0.6) is 5.75 Å². The average molecular weight is 435 g/mol. The van der Waals surface area contributed by atoms with Crippen LogP contribution in [0.1, 0.15) is 5.56 Å². The number of alkyl halides is 3. The van der Waals surface area contributed by atoms with Gasteiger partial charge >= 0.3 is 6.18 Å². The van der Waals surface area contributed by atoms with Gasteiger partial charge in [-0.15, -0.1) is 0 Å². The highest BCUT2D eigenvalue weighted by molar-refractivity contribution is 7.92. The maximum Gasteiger partial charge on any atom is 0.418 e. The van der Waals surface area contributed by atoms with E-state index in [1.165, 1.54) is 30.3 Å². The van der Waals surface area contributed by atoms with Crippen molar-refractivity contribution in [3.8, 4) is 5.75 Å². The van der Waals surface area contributed by atoms with Gasteiger partial charge in [-0.2, -0.15) is 13.2 Å². The fraction of sp³-hybridized carbons (Fsp3) is 0.235. The van der Waals surface area contributed by atoms with Crippen LogP contribution < -0.4 is 14.4 Å². The molecule has 2 aromatic carbocycles. The molecule has 1 aliphatic rings. The Morgan fingerprint density at radius 3 is 2.57 bits per heavy atom. The summed E-state index contributed by atoms with van der Waals surface area (Å²) in [7, 11) is -3.79. The summed E-state index contributed by atoms with van der Waals surface area (Å²) in [5.41, 5.74) is -1.32. The molecule has 1 amide bonds. The molecule has 1 N–H and O–H groups in total. The van der Waals surface area contributed by atoms with Crippen LogP contribution >= 0.6 is 11.6 Å². The smallest absolute Gasteiger partial charge is 0.418 e. The first-order chi connectivity index (χ1) is 13.0. The van der Waals surface area contributed by atoms with Gasteiger partial charge in [0, 0.05) is 5.02 Å². The van der Waals surface area contributed by atoms with Crippen molar-refractivity contribution in [3.63, 3.8) is 0 Å². The minimum atomic E-state index is -4.67. The van der Waals surface area contributed by atoms with Gasteiger partial charge in [-0.25, -0.2) is 8.42 Å². The van der Waals surface area contributed by atoms with E-state index in [1.54, 1.807) is 0 Å². The largest absolute Gasteiger partial charge is 0.476 e. The van der Waals surface area contributed by atoms with Gasteiger partial charge in [0.1, 0.15) is 5.75 Å². The molecule has 0 aromatic heterocycles. The number of rotatable bonds is 3. The summed E-state index contributed by atoms with van der Waals surface area (Å²) in [6.07, 6.45) is -5.08. The van der Waals surface area contributed by atoms with Crippen molar-refractivity contribution >= 4 is 38.9 Å². The molecule has 0 spiro atoms. The van der Waals surface area contributed by atoms with E-state index in [4.69, 9.17) is 16.3 Å². The van der Waals surface area contributed by atoms with Gasteiger partial charge in [-0.1, -0.05) is 23.7 Å². The summed E-state index contributed by atoms with van der Waals surface area (Å²) in [6.45, 7) is -0.411. The Kier molecular flexibility index (Phi) is 5.20. The molecule has 1 heterocycles. The van der Waals surface area contributed by atoms with Gasteiger partial charge in [-0.05, 0) is 30.3 Å². The van der Waals surface area contributed by atoms with Gasteiger partial charge < -0.3 is 10.1 Å². The van der Waals surface area contributed by atoms with Crippen LogP contribution in [-0.2, 0) is 21.0 Å². The standard InChI is InChI=1S/C17H14ClF3N2O4S/c1-28(25,26)23-9-15(27-14-7-6-10(18)8-13(14)23)16(24)22-12-5-3-2-4-11(12)17(19,20)21/h2-8,15H,9H2,1H3,(H,22,24)/t15-/m0/s1. The molecule has 11 heteroatoms. The van der Waals surface area contributed by atoms with E-state index in [0.717, 1.165) is 22.7 Å². The number of anilines is 2. The number of nitrogens with one attached hydrogen (secondary N) is 1. The number of nitrogens with zero attached hydrogens (tertiary/aromatic N) is 1. The topological polar surface area (TPSA) is 75.7 Å². The Morgan fingerprint density at radius 2 is 1.93 bits per heavy atom. The number of hydrogen-bond donors (Lipinski definition) is 1. The van der Waals surface area contributed by atoms with Gasteiger partial charge in [0.15, 0.2) is 6.10 Å². The van der Waals surface area contributed by atoms with Crippen LogP contribution in [0, 0.1) is 0 Å². The fourth-order valence-electron chi connectivity index (χ4n) is 2.73. The lowest BCUT2D eigenvalue weighted by Crippen LogP contribution is -2.48. The molecule has 1 aliphatic heterocycles. The van der Waals surface area contributed by atoms with E-state index >= 15 is 0 Å². The molecule has 6 nitrogen and oxygen atoms in total. The molecular weight excluding hydrogens is 421 g/mol. The first-order valence-electron chi connectivity index (χ1n) is 7.88. The van der Waals surface area contributed by atoms with Crippen LogP contribution in [0.4, 0.5) is 24.5 Å². The zero-order chi connectivity index (χ0) is 20.7. The molecule has 0 radical (unpaired) electrons. The van der Waals surface area contributed by atoms with E-state index in [1.807, 2.05) is 0 Å². The molecule has 0 aliphatic carbocycles. The zero-order valence-electron chi connectivity index (χ0n) is 14.3. The minimum absolute atomic E-state index is 0.0744. The number of fused-ring (bicyclic) bond motifs is 1. The normalized spacial score (nSPS) is 16.9. The molecule has 0 saturated carbocycles. The third kappa shape index (κ3) is 4.17. The lowest BCUT2D eigenvalue weighted by Gasteiger charge is -2.34. The van der Waals surface area contributed by atoms with E-state index in [0.29, 0.717) is 0 Å². The highest BCUT2D eigenvalue weighted by atomic mass is 35.5. The molecule has 28 heavy (non-hydrogen) atoms. The minimum Gasteiger partial charge on any atom is -0.476 e. The number of carbonyl (C=O) groups excluding carboxylic acids is 1. The van der Waals surface area contributed by atoms with Crippen molar-refractivity contribution < 1.29 is 31.1 Å². The molecule has 3 rings (SSSR count). The summed E-state index contributed by atoms with van der Waals surface area (Å²) >= 11 is 5.90. The van der Waals surface area contributed by atoms with Crippen molar-refractivity contribution in [1.29, 1.82) is 0 Å². The van der Waals surface area contributed by atoms with Crippen LogP contribution in [0.15, 0.2) is 42.5 Å².